The lowest BCUT2D eigenvalue weighted by atomic mass is 10.0. The highest BCUT2D eigenvalue weighted by atomic mass is 79.9. The normalized spacial score (nSPS) is 20.8. The zero-order chi connectivity index (χ0) is 11.4. The van der Waals surface area contributed by atoms with Crippen molar-refractivity contribution in [3.8, 4) is 0 Å². The minimum Gasteiger partial charge on any atom is -0.456 e. The summed E-state index contributed by atoms with van der Waals surface area (Å²) in [6, 6.07) is 6.68. The summed E-state index contributed by atoms with van der Waals surface area (Å²) in [5.74, 6) is 0. The summed E-state index contributed by atoms with van der Waals surface area (Å²) < 4.78 is 6.22. The Kier molecular flexibility index (Phi) is 4.24. The van der Waals surface area contributed by atoms with E-state index in [4.69, 9.17) is 4.42 Å². The molecule has 0 saturated carbocycles. The van der Waals surface area contributed by atoms with Gasteiger partial charge < -0.3 is 9.73 Å². The molecule has 88 valence electrons. The lowest BCUT2D eigenvalue weighted by Crippen LogP contribution is -2.32. The van der Waals surface area contributed by atoms with E-state index in [0.717, 1.165) is 21.7 Å². The van der Waals surface area contributed by atoms with Crippen LogP contribution in [0.1, 0.15) is 32.6 Å². The first-order valence-electron chi connectivity index (χ1n) is 6.00. The van der Waals surface area contributed by atoms with Crippen LogP contribution < -0.4 is 5.32 Å². The van der Waals surface area contributed by atoms with E-state index in [9.17, 15) is 0 Å². The fourth-order valence-electron chi connectivity index (χ4n) is 2.03. The van der Waals surface area contributed by atoms with Crippen LogP contribution in [0.5, 0.6) is 0 Å². The maximum Gasteiger partial charge on any atom is 0.141 e. The molecular weight excluding hydrogens is 266 g/mol. The van der Waals surface area contributed by atoms with Gasteiger partial charge in [0.25, 0.3) is 0 Å². The summed E-state index contributed by atoms with van der Waals surface area (Å²) in [4.78, 5) is 0. The second-order valence-electron chi connectivity index (χ2n) is 4.25. The summed E-state index contributed by atoms with van der Waals surface area (Å²) in [6.45, 7) is 3.50. The van der Waals surface area contributed by atoms with Crippen LogP contribution in [0.15, 0.2) is 27.1 Å². The van der Waals surface area contributed by atoms with Gasteiger partial charge in [-0.1, -0.05) is 13.3 Å². The Bertz CT molecular complexity index is 406. The van der Waals surface area contributed by atoms with Crippen molar-refractivity contribution in [2.45, 2.75) is 38.6 Å². The average Bonchev–Trinajstić information content (AvgIpc) is 2.92. The summed E-state index contributed by atoms with van der Waals surface area (Å²) in [5.41, 5.74) is 1.87. The maximum atomic E-state index is 5.17. The van der Waals surface area contributed by atoms with Crippen LogP contribution in [0, 0.1) is 0 Å². The van der Waals surface area contributed by atoms with E-state index < -0.39 is 0 Å². The molecule has 1 saturated heterocycles. The third-order valence-corrected chi connectivity index (χ3v) is 3.66. The zero-order valence-electron chi connectivity index (χ0n) is 9.63. The summed E-state index contributed by atoms with van der Waals surface area (Å²) in [7, 11) is 0. The van der Waals surface area contributed by atoms with Crippen LogP contribution >= 0.6 is 15.9 Å². The second kappa shape index (κ2) is 5.69. The lowest BCUT2D eigenvalue weighted by molar-refractivity contribution is 0.393. The van der Waals surface area contributed by atoms with E-state index in [2.05, 4.69) is 28.2 Å². The van der Waals surface area contributed by atoms with Crippen molar-refractivity contribution in [2.75, 3.05) is 6.54 Å². The maximum absolute atomic E-state index is 5.17. The topological polar surface area (TPSA) is 25.2 Å². The van der Waals surface area contributed by atoms with Crippen molar-refractivity contribution in [2.24, 2.45) is 0 Å². The predicted octanol–water partition coefficient (Wildman–Crippen LogP) is 4.17. The smallest absolute Gasteiger partial charge is 0.141 e. The van der Waals surface area contributed by atoms with Crippen LogP contribution in [0.3, 0.4) is 0 Å². The third-order valence-electron chi connectivity index (χ3n) is 3.04. The molecule has 1 aliphatic heterocycles. The summed E-state index contributed by atoms with van der Waals surface area (Å²) in [5, 5.41) is 3.47. The highest BCUT2D eigenvalue weighted by Crippen LogP contribution is 2.26. The standard InChI is InChI=1S/C7H15N.C6H3BrO/c1-2-7-5-3-4-6-8-7;7-5-3-4-1-2-6(5)8-4/h7-8H,2-6H2,1H3;1-3H. The van der Waals surface area contributed by atoms with Gasteiger partial charge in [-0.25, -0.2) is 0 Å². The Hall–Kier alpha value is -0.540. The molecule has 1 unspecified atom stereocenters. The van der Waals surface area contributed by atoms with Gasteiger partial charge in [0.2, 0.25) is 0 Å². The van der Waals surface area contributed by atoms with Gasteiger partial charge in [0.15, 0.2) is 0 Å². The summed E-state index contributed by atoms with van der Waals surface area (Å²) >= 11 is 3.32. The molecular formula is C13H18BrNO. The molecule has 2 aromatic rings. The highest BCUT2D eigenvalue weighted by molar-refractivity contribution is 9.10. The van der Waals surface area contributed by atoms with Crippen molar-refractivity contribution >= 4 is 27.1 Å². The van der Waals surface area contributed by atoms with Gasteiger partial charge in [0.1, 0.15) is 11.2 Å². The number of fused-ring (bicyclic) bond motifs is 2. The third kappa shape index (κ3) is 2.98. The Morgan fingerprint density at radius 3 is 2.62 bits per heavy atom. The van der Waals surface area contributed by atoms with Crippen molar-refractivity contribution in [1.29, 1.82) is 0 Å². The molecule has 3 heterocycles. The molecule has 0 radical (unpaired) electrons. The number of hydrogen-bond donors (Lipinski definition) is 1. The minimum absolute atomic E-state index is 0.837. The van der Waals surface area contributed by atoms with Crippen LogP contribution in [0.2, 0.25) is 0 Å². The van der Waals surface area contributed by atoms with Gasteiger partial charge in [-0.3, -0.25) is 0 Å². The molecule has 1 atom stereocenters. The van der Waals surface area contributed by atoms with Gasteiger partial charge in [0.05, 0.1) is 4.47 Å². The second-order valence-corrected chi connectivity index (χ2v) is 5.10. The van der Waals surface area contributed by atoms with E-state index in [1.54, 1.807) is 0 Å². The van der Waals surface area contributed by atoms with E-state index in [-0.39, 0.29) is 0 Å². The molecule has 0 amide bonds. The van der Waals surface area contributed by atoms with Crippen LogP contribution in [0.25, 0.3) is 11.2 Å². The highest BCUT2D eigenvalue weighted by Gasteiger charge is 2.08. The van der Waals surface area contributed by atoms with Crippen molar-refractivity contribution in [3.05, 3.63) is 22.7 Å². The first-order valence-corrected chi connectivity index (χ1v) is 6.79. The van der Waals surface area contributed by atoms with Gasteiger partial charge in [-0.2, -0.15) is 0 Å². The largest absolute Gasteiger partial charge is 0.456 e. The van der Waals surface area contributed by atoms with E-state index in [1.807, 2.05) is 18.2 Å². The molecule has 0 aromatic carbocycles. The van der Waals surface area contributed by atoms with E-state index in [1.165, 1.54) is 32.2 Å². The molecule has 0 spiro atoms. The van der Waals surface area contributed by atoms with Crippen LogP contribution in [-0.4, -0.2) is 12.6 Å². The summed E-state index contributed by atoms with van der Waals surface area (Å²) in [6.07, 6.45) is 5.53. The molecule has 2 bridgehead atoms. The van der Waals surface area contributed by atoms with E-state index in [0.29, 0.717) is 0 Å². The van der Waals surface area contributed by atoms with Crippen molar-refractivity contribution in [1.82, 2.24) is 5.32 Å². The first kappa shape index (κ1) is 11.9. The Labute approximate surface area is 105 Å². The molecule has 2 nitrogen and oxygen atoms in total. The number of nitrogens with one attached hydrogen (secondary N) is 1. The number of benzene rings is 1. The zero-order valence-corrected chi connectivity index (χ0v) is 11.2. The van der Waals surface area contributed by atoms with Gasteiger partial charge >= 0.3 is 0 Å². The molecule has 1 fully saturated rings. The number of hydrogen-bond acceptors (Lipinski definition) is 2. The van der Waals surface area contributed by atoms with Gasteiger partial charge in [0, 0.05) is 6.04 Å². The molecule has 3 heteroatoms. The lowest BCUT2D eigenvalue weighted by Gasteiger charge is -2.21. The molecule has 0 aliphatic carbocycles. The predicted molar refractivity (Wildman–Crippen MR) is 71.0 cm³/mol. The quantitative estimate of drug-likeness (QED) is 0.850. The fourth-order valence-corrected chi connectivity index (χ4v) is 2.47. The van der Waals surface area contributed by atoms with Crippen LogP contribution in [-0.2, 0) is 0 Å². The Balaban J connectivity index is 0.000000120. The molecule has 16 heavy (non-hydrogen) atoms. The molecule has 2 aromatic heterocycles. The van der Waals surface area contributed by atoms with Gasteiger partial charge in [-0.15, -0.1) is 0 Å². The molecule has 1 N–H and O–H groups in total. The molecule has 3 rings (SSSR count). The number of rotatable bonds is 1. The number of furan rings is 2. The SMILES string of the molecule is Brc1cc2ccc1o2.CCC1CCCCN1. The minimum atomic E-state index is 0.837. The molecule has 1 aliphatic rings. The first-order chi connectivity index (χ1) is 7.79. The Morgan fingerprint density at radius 1 is 1.44 bits per heavy atom. The fraction of sp³-hybridized carbons (Fsp3) is 0.538. The van der Waals surface area contributed by atoms with Crippen LogP contribution in [0.4, 0.5) is 0 Å². The van der Waals surface area contributed by atoms with Crippen molar-refractivity contribution < 1.29 is 4.42 Å². The number of piperidine rings is 1. The number of halogens is 1. The monoisotopic (exact) mass is 283 g/mol. The van der Waals surface area contributed by atoms with Crippen molar-refractivity contribution in [3.63, 3.8) is 0 Å². The Morgan fingerprint density at radius 2 is 2.31 bits per heavy atom. The van der Waals surface area contributed by atoms with Gasteiger partial charge in [-0.05, 0) is 59.9 Å². The van der Waals surface area contributed by atoms with E-state index >= 15 is 0 Å². The average molecular weight is 284 g/mol.